The van der Waals surface area contributed by atoms with E-state index in [1.165, 1.54) is 6.33 Å². The summed E-state index contributed by atoms with van der Waals surface area (Å²) in [5.74, 6) is 0.378. The van der Waals surface area contributed by atoms with Crippen LogP contribution in [0.5, 0.6) is 0 Å². The number of benzene rings is 1. The number of ether oxygens (including phenoxy) is 1. The molecule has 0 aliphatic heterocycles. The van der Waals surface area contributed by atoms with E-state index >= 15 is 0 Å². The van der Waals surface area contributed by atoms with E-state index in [1.807, 2.05) is 36.5 Å². The van der Waals surface area contributed by atoms with Crippen LogP contribution in [-0.2, 0) is 16.1 Å². The van der Waals surface area contributed by atoms with Crippen LogP contribution in [0.3, 0.4) is 0 Å². The second-order valence-electron chi connectivity index (χ2n) is 4.82. The molecule has 7 heteroatoms. The standard InChI is InChI=1S/C16H15BrN4O2/c1-2-23-13(22)9-21-8-12(17)14-15(18-10-19-16(14)21)20-11-6-4-3-5-7-11/h3-8,10H,2,9H2,1H3,(H,18,19,20). The summed E-state index contributed by atoms with van der Waals surface area (Å²) in [5.41, 5.74) is 1.59. The molecule has 3 aromatic rings. The van der Waals surface area contributed by atoms with Crippen LogP contribution in [0.4, 0.5) is 11.5 Å². The van der Waals surface area contributed by atoms with E-state index in [-0.39, 0.29) is 12.5 Å². The molecule has 0 amide bonds. The summed E-state index contributed by atoms with van der Waals surface area (Å²) in [7, 11) is 0. The molecule has 0 aliphatic rings. The van der Waals surface area contributed by atoms with Gasteiger partial charge in [-0.05, 0) is 35.0 Å². The number of halogens is 1. The van der Waals surface area contributed by atoms with Crippen LogP contribution >= 0.6 is 15.9 Å². The first-order valence-corrected chi connectivity index (χ1v) is 7.95. The molecular weight excluding hydrogens is 360 g/mol. The predicted octanol–water partition coefficient (Wildman–Crippen LogP) is 3.50. The average molecular weight is 375 g/mol. The van der Waals surface area contributed by atoms with E-state index in [0.717, 1.165) is 15.5 Å². The molecule has 0 atom stereocenters. The molecule has 0 saturated heterocycles. The van der Waals surface area contributed by atoms with Gasteiger partial charge < -0.3 is 14.6 Å². The van der Waals surface area contributed by atoms with Crippen LogP contribution < -0.4 is 5.32 Å². The fourth-order valence-corrected chi connectivity index (χ4v) is 2.91. The van der Waals surface area contributed by atoms with Gasteiger partial charge in [0.15, 0.2) is 0 Å². The zero-order valence-corrected chi connectivity index (χ0v) is 14.1. The lowest BCUT2D eigenvalue weighted by Gasteiger charge is -2.07. The normalized spacial score (nSPS) is 10.7. The van der Waals surface area contributed by atoms with Gasteiger partial charge in [0.1, 0.15) is 24.3 Å². The highest BCUT2D eigenvalue weighted by Crippen LogP contribution is 2.31. The highest BCUT2D eigenvalue weighted by molar-refractivity contribution is 9.10. The van der Waals surface area contributed by atoms with Gasteiger partial charge in [-0.3, -0.25) is 4.79 Å². The number of carbonyl (C=O) groups is 1. The van der Waals surface area contributed by atoms with Crippen molar-refractivity contribution in [1.29, 1.82) is 0 Å². The molecule has 0 fully saturated rings. The van der Waals surface area contributed by atoms with E-state index in [1.54, 1.807) is 11.5 Å². The molecule has 0 spiro atoms. The molecule has 1 N–H and O–H groups in total. The zero-order valence-electron chi connectivity index (χ0n) is 12.5. The minimum atomic E-state index is -0.298. The van der Waals surface area contributed by atoms with Crippen LogP contribution in [0.15, 0.2) is 47.3 Å². The highest BCUT2D eigenvalue weighted by Gasteiger charge is 2.15. The van der Waals surface area contributed by atoms with Gasteiger partial charge in [-0.1, -0.05) is 18.2 Å². The third-order valence-electron chi connectivity index (χ3n) is 3.25. The second-order valence-corrected chi connectivity index (χ2v) is 5.68. The molecule has 118 valence electrons. The number of esters is 1. The van der Waals surface area contributed by atoms with Gasteiger partial charge in [0, 0.05) is 16.4 Å². The first kappa shape index (κ1) is 15.5. The van der Waals surface area contributed by atoms with Crippen LogP contribution in [0.25, 0.3) is 11.0 Å². The Hall–Kier alpha value is -2.41. The van der Waals surface area contributed by atoms with E-state index in [4.69, 9.17) is 4.74 Å². The van der Waals surface area contributed by atoms with Gasteiger partial charge in [0.25, 0.3) is 0 Å². The Balaban J connectivity index is 1.98. The van der Waals surface area contributed by atoms with Gasteiger partial charge in [-0.15, -0.1) is 0 Å². The third kappa shape index (κ3) is 3.34. The van der Waals surface area contributed by atoms with Crippen molar-refractivity contribution >= 4 is 44.4 Å². The summed E-state index contributed by atoms with van der Waals surface area (Å²) < 4.78 is 7.56. The van der Waals surface area contributed by atoms with Gasteiger partial charge in [-0.2, -0.15) is 0 Å². The van der Waals surface area contributed by atoms with E-state index < -0.39 is 0 Å². The molecule has 3 rings (SSSR count). The molecule has 2 heterocycles. The van der Waals surface area contributed by atoms with Crippen molar-refractivity contribution in [2.45, 2.75) is 13.5 Å². The lowest BCUT2D eigenvalue weighted by atomic mass is 10.3. The summed E-state index contributed by atoms with van der Waals surface area (Å²) in [6, 6.07) is 9.75. The smallest absolute Gasteiger partial charge is 0.325 e. The Kier molecular flexibility index (Phi) is 4.57. The van der Waals surface area contributed by atoms with Gasteiger partial charge >= 0.3 is 5.97 Å². The van der Waals surface area contributed by atoms with E-state index in [2.05, 4.69) is 31.2 Å². The number of rotatable bonds is 5. The van der Waals surface area contributed by atoms with Crippen LogP contribution in [-0.4, -0.2) is 27.1 Å². The Bertz CT molecular complexity index is 833. The predicted molar refractivity (Wildman–Crippen MR) is 91.6 cm³/mol. The number of nitrogens with one attached hydrogen (secondary N) is 1. The molecule has 0 bridgehead atoms. The van der Waals surface area contributed by atoms with Crippen molar-refractivity contribution in [2.24, 2.45) is 0 Å². The number of aromatic nitrogens is 3. The van der Waals surface area contributed by atoms with Gasteiger partial charge in [0.05, 0.1) is 12.0 Å². The average Bonchev–Trinajstić information content (AvgIpc) is 2.86. The zero-order chi connectivity index (χ0) is 16.2. The third-order valence-corrected chi connectivity index (χ3v) is 3.85. The Morgan fingerprint density at radius 1 is 1.30 bits per heavy atom. The topological polar surface area (TPSA) is 69.0 Å². The van der Waals surface area contributed by atoms with Crippen molar-refractivity contribution in [1.82, 2.24) is 14.5 Å². The lowest BCUT2D eigenvalue weighted by molar-refractivity contribution is -0.143. The first-order chi connectivity index (χ1) is 11.2. The number of nitrogens with zero attached hydrogens (tertiary/aromatic N) is 3. The lowest BCUT2D eigenvalue weighted by Crippen LogP contribution is -2.13. The number of hydrogen-bond donors (Lipinski definition) is 1. The summed E-state index contributed by atoms with van der Waals surface area (Å²) in [6.07, 6.45) is 3.29. The van der Waals surface area contributed by atoms with Crippen molar-refractivity contribution in [2.75, 3.05) is 11.9 Å². The highest BCUT2D eigenvalue weighted by atomic mass is 79.9. The molecule has 0 unspecified atom stereocenters. The molecule has 0 aliphatic carbocycles. The largest absolute Gasteiger partial charge is 0.465 e. The summed E-state index contributed by atoms with van der Waals surface area (Å²) >= 11 is 3.52. The van der Waals surface area contributed by atoms with Crippen LogP contribution in [0, 0.1) is 0 Å². The van der Waals surface area contributed by atoms with Crippen molar-refractivity contribution in [3.05, 3.63) is 47.3 Å². The second kappa shape index (κ2) is 6.78. The molecular formula is C16H15BrN4O2. The van der Waals surface area contributed by atoms with E-state index in [9.17, 15) is 4.79 Å². The van der Waals surface area contributed by atoms with Crippen LogP contribution in [0.2, 0.25) is 0 Å². The summed E-state index contributed by atoms with van der Waals surface area (Å²) in [4.78, 5) is 20.3. The fourth-order valence-electron chi connectivity index (χ4n) is 2.30. The number of para-hydroxylation sites is 1. The fraction of sp³-hybridized carbons (Fsp3) is 0.188. The molecule has 0 radical (unpaired) electrons. The summed E-state index contributed by atoms with van der Waals surface area (Å²) in [6.45, 7) is 2.25. The molecule has 0 saturated carbocycles. The minimum absolute atomic E-state index is 0.109. The van der Waals surface area contributed by atoms with Crippen molar-refractivity contribution in [3.63, 3.8) is 0 Å². The van der Waals surface area contributed by atoms with Crippen molar-refractivity contribution < 1.29 is 9.53 Å². The quantitative estimate of drug-likeness (QED) is 0.692. The van der Waals surface area contributed by atoms with E-state index in [0.29, 0.717) is 18.1 Å². The SMILES string of the molecule is CCOC(=O)Cn1cc(Br)c2c(Nc3ccccc3)ncnc21. The number of anilines is 2. The maximum absolute atomic E-state index is 11.7. The van der Waals surface area contributed by atoms with Crippen LogP contribution in [0.1, 0.15) is 6.92 Å². The molecule has 1 aromatic carbocycles. The number of hydrogen-bond acceptors (Lipinski definition) is 5. The van der Waals surface area contributed by atoms with Crippen molar-refractivity contribution in [3.8, 4) is 0 Å². The minimum Gasteiger partial charge on any atom is -0.465 e. The Labute approximate surface area is 141 Å². The monoisotopic (exact) mass is 374 g/mol. The molecule has 6 nitrogen and oxygen atoms in total. The molecule has 23 heavy (non-hydrogen) atoms. The number of fused-ring (bicyclic) bond motifs is 1. The van der Waals surface area contributed by atoms with Gasteiger partial charge in [0.2, 0.25) is 0 Å². The molecule has 2 aromatic heterocycles. The maximum atomic E-state index is 11.7. The first-order valence-electron chi connectivity index (χ1n) is 7.16. The summed E-state index contributed by atoms with van der Waals surface area (Å²) in [5, 5.41) is 4.09. The Morgan fingerprint density at radius 3 is 2.83 bits per heavy atom. The van der Waals surface area contributed by atoms with Gasteiger partial charge in [-0.25, -0.2) is 9.97 Å². The Morgan fingerprint density at radius 2 is 2.09 bits per heavy atom. The maximum Gasteiger partial charge on any atom is 0.325 e. The number of carbonyl (C=O) groups excluding carboxylic acids is 1.